The van der Waals surface area contributed by atoms with Crippen molar-refractivity contribution in [2.24, 2.45) is 5.92 Å². The van der Waals surface area contributed by atoms with E-state index in [1.54, 1.807) is 6.07 Å². The van der Waals surface area contributed by atoms with Gasteiger partial charge in [0.05, 0.1) is 29.3 Å². The van der Waals surface area contributed by atoms with E-state index >= 15 is 0 Å². The van der Waals surface area contributed by atoms with Gasteiger partial charge in [0.2, 0.25) is 0 Å². The van der Waals surface area contributed by atoms with Crippen LogP contribution in [0, 0.1) is 12.8 Å². The first kappa shape index (κ1) is 23.4. The Kier molecular flexibility index (Phi) is 6.32. The molecule has 0 spiro atoms. The molecule has 0 saturated carbocycles. The second kappa shape index (κ2) is 8.90. The number of benzene rings is 1. The van der Waals surface area contributed by atoms with Gasteiger partial charge in [-0.2, -0.15) is 5.10 Å². The third-order valence-electron chi connectivity index (χ3n) is 6.11. The number of likely N-dealkylation sites (tertiary alicyclic amines) is 1. The second-order valence-electron chi connectivity index (χ2n) is 9.29. The lowest BCUT2D eigenvalue weighted by molar-refractivity contribution is 0.272. The first-order chi connectivity index (χ1) is 15.5. The molecule has 1 saturated heterocycles. The standard InChI is InChI=1S/C23H31N5O4S/c1-14(2)13-32-19-9-8-17(33(5,30)31)11-18(19)22-24-20-15(3)28(26-21(20)23(29)25-22)12-16-7-6-10-27(16)4/h8-9,11,14,16H,6-7,10,12-13H2,1-5H3,(H,24,25,29)/t16-/m1/s1. The SMILES string of the molecule is Cc1c2nc(-c3cc(S(C)(=O)=O)ccc3OCC(C)C)[nH]c(=O)c2nn1C[C@H]1CCCN1C. The number of H-pyrrole nitrogens is 1. The molecular formula is C23H31N5O4S. The Morgan fingerprint density at radius 1 is 1.27 bits per heavy atom. The summed E-state index contributed by atoms with van der Waals surface area (Å²) in [7, 11) is -1.35. The van der Waals surface area contributed by atoms with Gasteiger partial charge >= 0.3 is 0 Å². The molecule has 178 valence electrons. The van der Waals surface area contributed by atoms with Crippen LogP contribution in [0.5, 0.6) is 5.75 Å². The maximum absolute atomic E-state index is 13.0. The Morgan fingerprint density at radius 2 is 2.03 bits per heavy atom. The van der Waals surface area contributed by atoms with Crippen molar-refractivity contribution in [2.75, 3.05) is 26.5 Å². The normalized spacial score (nSPS) is 17.3. The van der Waals surface area contributed by atoms with Crippen molar-refractivity contribution in [3.05, 3.63) is 34.2 Å². The number of ether oxygens (including phenoxy) is 1. The third kappa shape index (κ3) is 4.81. The van der Waals surface area contributed by atoms with Crippen LogP contribution in [-0.2, 0) is 16.4 Å². The van der Waals surface area contributed by atoms with Crippen molar-refractivity contribution >= 4 is 20.9 Å². The first-order valence-corrected chi connectivity index (χ1v) is 13.1. The molecule has 1 atom stereocenters. The van der Waals surface area contributed by atoms with Crippen LogP contribution in [0.4, 0.5) is 0 Å². The first-order valence-electron chi connectivity index (χ1n) is 11.2. The van der Waals surface area contributed by atoms with Crippen LogP contribution < -0.4 is 10.3 Å². The number of sulfone groups is 1. The number of rotatable bonds is 7. The Morgan fingerprint density at radius 3 is 2.67 bits per heavy atom. The molecule has 0 aliphatic carbocycles. The molecule has 3 heterocycles. The quantitative estimate of drug-likeness (QED) is 0.562. The molecule has 0 bridgehead atoms. The molecule has 1 aliphatic heterocycles. The zero-order valence-corrected chi connectivity index (χ0v) is 20.6. The van der Waals surface area contributed by atoms with Gasteiger partial charge in [0.15, 0.2) is 15.4 Å². The van der Waals surface area contributed by atoms with E-state index in [4.69, 9.17) is 9.72 Å². The van der Waals surface area contributed by atoms with Crippen LogP contribution in [0.2, 0.25) is 0 Å². The lowest BCUT2D eigenvalue weighted by Gasteiger charge is -2.19. The van der Waals surface area contributed by atoms with Crippen LogP contribution in [0.3, 0.4) is 0 Å². The summed E-state index contributed by atoms with van der Waals surface area (Å²) in [5.41, 5.74) is 1.66. The average molecular weight is 474 g/mol. The number of hydrogen-bond acceptors (Lipinski definition) is 7. The van der Waals surface area contributed by atoms with Crippen molar-refractivity contribution in [2.45, 2.75) is 51.1 Å². The summed E-state index contributed by atoms with van der Waals surface area (Å²) >= 11 is 0. The lowest BCUT2D eigenvalue weighted by atomic mass is 10.1. The molecular weight excluding hydrogens is 442 g/mol. The van der Waals surface area contributed by atoms with Gasteiger partial charge in [0, 0.05) is 12.3 Å². The number of likely N-dealkylation sites (N-methyl/N-ethyl adjacent to an activating group) is 1. The molecule has 0 radical (unpaired) electrons. The van der Waals surface area contributed by atoms with Gasteiger partial charge < -0.3 is 14.6 Å². The smallest absolute Gasteiger partial charge is 0.279 e. The molecule has 0 amide bonds. The maximum atomic E-state index is 13.0. The van der Waals surface area contributed by atoms with Gasteiger partial charge in [-0.05, 0) is 57.5 Å². The van der Waals surface area contributed by atoms with Crippen molar-refractivity contribution in [3.63, 3.8) is 0 Å². The van der Waals surface area contributed by atoms with Crippen LogP contribution in [0.25, 0.3) is 22.4 Å². The van der Waals surface area contributed by atoms with Crippen molar-refractivity contribution < 1.29 is 13.2 Å². The van der Waals surface area contributed by atoms with Crippen molar-refractivity contribution in [3.8, 4) is 17.1 Å². The van der Waals surface area contributed by atoms with Crippen LogP contribution in [-0.4, -0.2) is 65.6 Å². The average Bonchev–Trinajstić information content (AvgIpc) is 3.29. The molecule has 0 unspecified atom stereocenters. The number of aromatic nitrogens is 4. The van der Waals surface area contributed by atoms with Gasteiger partial charge in [0.25, 0.3) is 5.56 Å². The lowest BCUT2D eigenvalue weighted by Crippen LogP contribution is -2.30. The summed E-state index contributed by atoms with van der Waals surface area (Å²) in [4.78, 5) is 22.9. The molecule has 1 aliphatic rings. The predicted octanol–water partition coefficient (Wildman–Crippen LogP) is 2.63. The highest BCUT2D eigenvalue weighted by atomic mass is 32.2. The Labute approximate surface area is 193 Å². The highest BCUT2D eigenvalue weighted by Crippen LogP contribution is 2.31. The fourth-order valence-corrected chi connectivity index (χ4v) is 4.80. The minimum Gasteiger partial charge on any atom is -0.493 e. The zero-order chi connectivity index (χ0) is 23.9. The Bertz CT molecular complexity index is 1340. The van der Waals surface area contributed by atoms with E-state index in [1.807, 2.05) is 25.5 Å². The number of hydrogen-bond donors (Lipinski definition) is 1. The highest BCUT2D eigenvalue weighted by molar-refractivity contribution is 7.90. The fourth-order valence-electron chi connectivity index (χ4n) is 4.15. The predicted molar refractivity (Wildman–Crippen MR) is 127 cm³/mol. The monoisotopic (exact) mass is 473 g/mol. The summed E-state index contributed by atoms with van der Waals surface area (Å²) in [6, 6.07) is 5.00. The molecule has 1 N–H and O–H groups in total. The number of nitrogens with zero attached hydrogens (tertiary/aromatic N) is 4. The zero-order valence-electron chi connectivity index (χ0n) is 19.8. The van der Waals surface area contributed by atoms with Gasteiger partial charge in [0.1, 0.15) is 17.1 Å². The molecule has 4 rings (SSSR count). The molecule has 10 heteroatoms. The number of aromatic amines is 1. The summed E-state index contributed by atoms with van der Waals surface area (Å²) < 4.78 is 32.1. The maximum Gasteiger partial charge on any atom is 0.279 e. The van der Waals surface area contributed by atoms with E-state index in [9.17, 15) is 13.2 Å². The van der Waals surface area contributed by atoms with E-state index in [-0.39, 0.29) is 27.7 Å². The van der Waals surface area contributed by atoms with Gasteiger partial charge in [-0.3, -0.25) is 9.48 Å². The molecule has 2 aromatic heterocycles. The van der Waals surface area contributed by atoms with Crippen molar-refractivity contribution in [1.82, 2.24) is 24.6 Å². The van der Waals surface area contributed by atoms with Crippen LogP contribution in [0.1, 0.15) is 32.4 Å². The van der Waals surface area contributed by atoms with Gasteiger partial charge in [-0.25, -0.2) is 13.4 Å². The van der Waals surface area contributed by atoms with E-state index < -0.39 is 9.84 Å². The van der Waals surface area contributed by atoms with Crippen molar-refractivity contribution in [1.29, 1.82) is 0 Å². The second-order valence-corrected chi connectivity index (χ2v) is 11.3. The largest absolute Gasteiger partial charge is 0.493 e. The summed E-state index contributed by atoms with van der Waals surface area (Å²) in [6.07, 6.45) is 3.39. The summed E-state index contributed by atoms with van der Waals surface area (Å²) in [5, 5.41) is 4.54. The minimum atomic E-state index is -3.45. The molecule has 9 nitrogen and oxygen atoms in total. The van der Waals surface area contributed by atoms with Gasteiger partial charge in [-0.15, -0.1) is 0 Å². The third-order valence-corrected chi connectivity index (χ3v) is 7.22. The molecule has 1 aromatic carbocycles. The van der Waals surface area contributed by atoms with E-state index in [0.717, 1.165) is 31.3 Å². The highest BCUT2D eigenvalue weighted by Gasteiger charge is 2.24. The molecule has 3 aromatic rings. The Balaban J connectivity index is 1.82. The van der Waals surface area contributed by atoms with Crippen LogP contribution in [0.15, 0.2) is 27.9 Å². The number of nitrogens with one attached hydrogen (secondary N) is 1. The number of fused-ring (bicyclic) bond motifs is 1. The fraction of sp³-hybridized carbons (Fsp3) is 0.522. The minimum absolute atomic E-state index is 0.133. The van der Waals surface area contributed by atoms with E-state index in [2.05, 4.69) is 22.0 Å². The molecule has 33 heavy (non-hydrogen) atoms. The van der Waals surface area contributed by atoms with Gasteiger partial charge in [-0.1, -0.05) is 13.8 Å². The molecule has 1 fully saturated rings. The Hall–Kier alpha value is -2.72. The van der Waals surface area contributed by atoms with E-state index in [1.165, 1.54) is 12.1 Å². The summed E-state index contributed by atoms with van der Waals surface area (Å²) in [6.45, 7) is 8.16. The number of aryl methyl sites for hydroxylation is 1. The topological polar surface area (TPSA) is 110 Å². The van der Waals surface area contributed by atoms with Crippen LogP contribution >= 0.6 is 0 Å². The summed E-state index contributed by atoms with van der Waals surface area (Å²) in [5.74, 6) is 1.00. The van der Waals surface area contributed by atoms with E-state index in [0.29, 0.717) is 36.0 Å².